The van der Waals surface area contributed by atoms with Crippen molar-refractivity contribution in [3.05, 3.63) is 12.0 Å². The van der Waals surface area contributed by atoms with Gasteiger partial charge >= 0.3 is 0 Å². The van der Waals surface area contributed by atoms with Gasteiger partial charge < -0.3 is 10.6 Å². The molecule has 112 valence electrons. The number of halogens is 1. The lowest BCUT2D eigenvalue weighted by atomic mass is 9.78. The van der Waals surface area contributed by atoms with Crippen LogP contribution in [0.5, 0.6) is 0 Å². The van der Waals surface area contributed by atoms with Crippen LogP contribution in [0.25, 0.3) is 0 Å². The zero-order valence-corrected chi connectivity index (χ0v) is 12.6. The third-order valence-electron chi connectivity index (χ3n) is 4.31. The minimum absolute atomic E-state index is 0.294. The van der Waals surface area contributed by atoms with Gasteiger partial charge in [0.1, 0.15) is 0 Å². The number of rotatable bonds is 5. The Morgan fingerprint density at radius 2 is 2.15 bits per heavy atom. The first kappa shape index (κ1) is 15.0. The Labute approximate surface area is 120 Å². The molecule has 0 amide bonds. The molecule has 1 aliphatic rings. The van der Waals surface area contributed by atoms with E-state index in [0.717, 1.165) is 19.4 Å². The summed E-state index contributed by atoms with van der Waals surface area (Å²) in [6.07, 6.45) is 5.75. The molecule has 5 heteroatoms. The zero-order valence-electron chi connectivity index (χ0n) is 12.6. The minimum atomic E-state index is -0.377. The molecular formula is C15H25FN4. The molecule has 1 heterocycles. The average molecular weight is 280 g/mol. The summed E-state index contributed by atoms with van der Waals surface area (Å²) in [5.41, 5.74) is 0. The quantitative estimate of drug-likeness (QED) is 0.864. The van der Waals surface area contributed by atoms with Gasteiger partial charge in [-0.1, -0.05) is 33.6 Å². The number of hydrogen-bond acceptors (Lipinski definition) is 4. The van der Waals surface area contributed by atoms with E-state index in [4.69, 9.17) is 0 Å². The maximum atomic E-state index is 13.9. The molecule has 0 radical (unpaired) electrons. The van der Waals surface area contributed by atoms with Crippen molar-refractivity contribution in [2.24, 2.45) is 11.8 Å². The fourth-order valence-electron chi connectivity index (χ4n) is 2.75. The van der Waals surface area contributed by atoms with Crippen molar-refractivity contribution >= 4 is 11.8 Å². The molecule has 1 fully saturated rings. The predicted octanol–water partition coefficient (Wildman–Crippen LogP) is 3.67. The smallest absolute Gasteiger partial charge is 0.224 e. The Bertz CT molecular complexity index is 438. The molecule has 0 saturated heterocycles. The molecule has 0 bridgehead atoms. The van der Waals surface area contributed by atoms with Crippen molar-refractivity contribution in [2.75, 3.05) is 17.2 Å². The van der Waals surface area contributed by atoms with Gasteiger partial charge in [-0.25, -0.2) is 9.37 Å². The normalized spacial score (nSPS) is 26.3. The second-order valence-electron chi connectivity index (χ2n) is 5.84. The molecule has 20 heavy (non-hydrogen) atoms. The molecule has 0 spiro atoms. The third-order valence-corrected chi connectivity index (χ3v) is 4.31. The van der Waals surface area contributed by atoms with Crippen molar-refractivity contribution in [1.82, 2.24) is 9.97 Å². The Balaban J connectivity index is 2.07. The van der Waals surface area contributed by atoms with E-state index < -0.39 is 0 Å². The van der Waals surface area contributed by atoms with Gasteiger partial charge in [0.05, 0.1) is 6.20 Å². The minimum Gasteiger partial charge on any atom is -0.364 e. The van der Waals surface area contributed by atoms with Crippen LogP contribution < -0.4 is 10.6 Å². The fraction of sp³-hybridized carbons (Fsp3) is 0.733. The molecule has 3 unspecified atom stereocenters. The molecule has 0 aromatic carbocycles. The number of hydrogen-bond donors (Lipinski definition) is 2. The van der Waals surface area contributed by atoms with Crippen LogP contribution in [0.15, 0.2) is 6.20 Å². The average Bonchev–Trinajstić information content (AvgIpc) is 2.44. The number of aromatic nitrogens is 2. The summed E-state index contributed by atoms with van der Waals surface area (Å²) in [5.74, 6) is 1.64. The van der Waals surface area contributed by atoms with Gasteiger partial charge in [0.2, 0.25) is 5.95 Å². The lowest BCUT2D eigenvalue weighted by Crippen LogP contribution is -2.35. The van der Waals surface area contributed by atoms with Crippen LogP contribution >= 0.6 is 0 Å². The number of anilines is 2. The summed E-state index contributed by atoms with van der Waals surface area (Å²) >= 11 is 0. The molecule has 3 atom stereocenters. The fourth-order valence-corrected chi connectivity index (χ4v) is 2.75. The van der Waals surface area contributed by atoms with Crippen LogP contribution in [0.3, 0.4) is 0 Å². The van der Waals surface area contributed by atoms with Crippen molar-refractivity contribution < 1.29 is 4.39 Å². The SMILES string of the molecule is CCCNc1ncc(F)c(NC2CCCC(C)C2C)n1. The highest BCUT2D eigenvalue weighted by Crippen LogP contribution is 2.31. The van der Waals surface area contributed by atoms with Gasteiger partial charge in [-0.15, -0.1) is 0 Å². The molecule has 1 aliphatic carbocycles. The standard InChI is InChI=1S/C15H25FN4/c1-4-8-17-15-18-9-12(16)14(20-15)19-13-7-5-6-10(2)11(13)3/h9-11,13H,4-8H2,1-3H3,(H2,17,18,19,20). The molecule has 4 nitrogen and oxygen atoms in total. The molecule has 1 aromatic rings. The molecule has 2 rings (SSSR count). The summed E-state index contributed by atoms with van der Waals surface area (Å²) < 4.78 is 13.9. The summed E-state index contributed by atoms with van der Waals surface area (Å²) in [6, 6.07) is 0.294. The molecule has 0 aliphatic heterocycles. The summed E-state index contributed by atoms with van der Waals surface area (Å²) in [7, 11) is 0. The first-order chi connectivity index (χ1) is 9.61. The Morgan fingerprint density at radius 3 is 2.90 bits per heavy atom. The molecule has 1 saturated carbocycles. The van der Waals surface area contributed by atoms with E-state index in [-0.39, 0.29) is 5.82 Å². The van der Waals surface area contributed by atoms with Crippen LogP contribution in [-0.4, -0.2) is 22.6 Å². The van der Waals surface area contributed by atoms with Crippen LogP contribution in [-0.2, 0) is 0 Å². The van der Waals surface area contributed by atoms with E-state index >= 15 is 0 Å². The first-order valence-corrected chi connectivity index (χ1v) is 7.64. The van der Waals surface area contributed by atoms with E-state index in [0.29, 0.717) is 29.6 Å². The van der Waals surface area contributed by atoms with E-state index in [1.807, 2.05) is 0 Å². The first-order valence-electron chi connectivity index (χ1n) is 7.64. The van der Waals surface area contributed by atoms with Gasteiger partial charge in [-0.05, 0) is 24.7 Å². The van der Waals surface area contributed by atoms with Crippen LogP contribution in [0, 0.1) is 17.7 Å². The third kappa shape index (κ3) is 3.58. The highest BCUT2D eigenvalue weighted by molar-refractivity contribution is 5.42. The largest absolute Gasteiger partial charge is 0.364 e. The molecule has 2 N–H and O–H groups in total. The highest BCUT2D eigenvalue weighted by Gasteiger charge is 2.27. The van der Waals surface area contributed by atoms with E-state index in [1.54, 1.807) is 0 Å². The van der Waals surface area contributed by atoms with Crippen molar-refractivity contribution in [3.8, 4) is 0 Å². The van der Waals surface area contributed by atoms with Gasteiger partial charge in [0, 0.05) is 12.6 Å². The Hall–Kier alpha value is -1.39. The maximum Gasteiger partial charge on any atom is 0.224 e. The number of nitrogens with one attached hydrogen (secondary N) is 2. The monoisotopic (exact) mass is 280 g/mol. The second kappa shape index (κ2) is 6.86. The summed E-state index contributed by atoms with van der Waals surface area (Å²) in [5, 5.41) is 6.37. The van der Waals surface area contributed by atoms with Crippen molar-refractivity contribution in [1.29, 1.82) is 0 Å². The lowest BCUT2D eigenvalue weighted by Gasteiger charge is -2.34. The lowest BCUT2D eigenvalue weighted by molar-refractivity contribution is 0.252. The van der Waals surface area contributed by atoms with Crippen LogP contribution in [0.1, 0.15) is 46.5 Å². The van der Waals surface area contributed by atoms with E-state index in [2.05, 4.69) is 41.4 Å². The maximum absolute atomic E-state index is 13.9. The van der Waals surface area contributed by atoms with E-state index in [9.17, 15) is 4.39 Å². The van der Waals surface area contributed by atoms with Crippen molar-refractivity contribution in [2.45, 2.75) is 52.5 Å². The topological polar surface area (TPSA) is 49.8 Å². The van der Waals surface area contributed by atoms with Crippen molar-refractivity contribution in [3.63, 3.8) is 0 Å². The van der Waals surface area contributed by atoms with E-state index in [1.165, 1.54) is 19.0 Å². The zero-order chi connectivity index (χ0) is 14.5. The van der Waals surface area contributed by atoms with Crippen LogP contribution in [0.2, 0.25) is 0 Å². The Kier molecular flexibility index (Phi) is 5.15. The summed E-state index contributed by atoms with van der Waals surface area (Å²) in [6.45, 7) is 7.36. The van der Waals surface area contributed by atoms with Crippen LogP contribution in [0.4, 0.5) is 16.2 Å². The second-order valence-corrected chi connectivity index (χ2v) is 5.84. The van der Waals surface area contributed by atoms with Gasteiger partial charge in [0.25, 0.3) is 0 Å². The number of nitrogens with zero attached hydrogens (tertiary/aromatic N) is 2. The predicted molar refractivity (Wildman–Crippen MR) is 80.4 cm³/mol. The molecular weight excluding hydrogens is 255 g/mol. The van der Waals surface area contributed by atoms with Gasteiger partial charge in [-0.2, -0.15) is 4.98 Å². The highest BCUT2D eigenvalue weighted by atomic mass is 19.1. The van der Waals surface area contributed by atoms with Gasteiger partial charge in [-0.3, -0.25) is 0 Å². The van der Waals surface area contributed by atoms with Gasteiger partial charge in [0.15, 0.2) is 11.6 Å². The Morgan fingerprint density at radius 1 is 1.35 bits per heavy atom. The molecule has 1 aromatic heterocycles. The summed E-state index contributed by atoms with van der Waals surface area (Å²) in [4.78, 5) is 8.22.